The third-order valence-corrected chi connectivity index (χ3v) is 6.36. The molecule has 5 rings (SSSR count). The summed E-state index contributed by atoms with van der Waals surface area (Å²) in [5, 5.41) is 11.9. The Morgan fingerprint density at radius 1 is 1.03 bits per heavy atom. The third-order valence-electron chi connectivity index (χ3n) is 6.36. The van der Waals surface area contributed by atoms with Gasteiger partial charge in [0.05, 0.1) is 17.2 Å². The molecule has 1 aliphatic heterocycles. The Balaban J connectivity index is 1.53. The summed E-state index contributed by atoms with van der Waals surface area (Å²) >= 11 is 0. The molecule has 4 aromatic rings. The molecule has 1 aliphatic rings. The molecule has 0 saturated heterocycles. The number of carbonyl (C=O) groups is 2. The number of amides is 1. The maximum Gasteiger partial charge on any atom is 0.290 e. The summed E-state index contributed by atoms with van der Waals surface area (Å²) in [6.45, 7) is 2.22. The molecule has 0 aliphatic carbocycles. The van der Waals surface area contributed by atoms with Gasteiger partial charge in [-0.2, -0.15) is 0 Å². The fraction of sp³-hybridized carbons (Fsp3) is 0.143. The molecular weight excluding hydrogens is 431 g/mol. The first-order valence-corrected chi connectivity index (χ1v) is 11.1. The molecule has 5 nitrogen and oxygen atoms in total. The highest BCUT2D eigenvalue weighted by Gasteiger charge is 2.44. The fourth-order valence-electron chi connectivity index (χ4n) is 4.58. The predicted octanol–water partition coefficient (Wildman–Crippen LogP) is 5.44. The van der Waals surface area contributed by atoms with Crippen LogP contribution in [0.4, 0.5) is 4.39 Å². The van der Waals surface area contributed by atoms with E-state index in [2.05, 4.69) is 4.98 Å². The van der Waals surface area contributed by atoms with Crippen LogP contribution in [0.1, 0.15) is 33.1 Å². The molecule has 2 heterocycles. The minimum Gasteiger partial charge on any atom is -0.503 e. The molecule has 0 fully saturated rings. The minimum atomic E-state index is -0.814. The number of aromatic amines is 1. The van der Waals surface area contributed by atoms with Gasteiger partial charge in [-0.3, -0.25) is 9.59 Å². The van der Waals surface area contributed by atoms with Gasteiger partial charge in [0.1, 0.15) is 5.82 Å². The lowest BCUT2D eigenvalue weighted by molar-refractivity contribution is -0.129. The highest BCUT2D eigenvalue weighted by Crippen LogP contribution is 2.39. The molecule has 170 valence electrons. The van der Waals surface area contributed by atoms with Crippen molar-refractivity contribution in [2.24, 2.45) is 0 Å². The molecular formula is C28H23FN2O3. The lowest BCUT2D eigenvalue weighted by Gasteiger charge is -2.27. The number of aromatic nitrogens is 1. The van der Waals surface area contributed by atoms with Crippen LogP contribution in [0.15, 0.2) is 90.3 Å². The molecule has 0 bridgehead atoms. The number of aliphatic hydroxyl groups is 1. The third kappa shape index (κ3) is 3.67. The van der Waals surface area contributed by atoms with E-state index < -0.39 is 29.3 Å². The van der Waals surface area contributed by atoms with Crippen LogP contribution < -0.4 is 0 Å². The number of aliphatic hydroxyl groups excluding tert-OH is 1. The molecule has 1 amide bonds. The van der Waals surface area contributed by atoms with Gasteiger partial charge in [-0.05, 0) is 42.7 Å². The number of hydrogen-bond acceptors (Lipinski definition) is 3. The summed E-state index contributed by atoms with van der Waals surface area (Å²) in [6, 6.07) is 20.1. The fourth-order valence-corrected chi connectivity index (χ4v) is 4.58. The summed E-state index contributed by atoms with van der Waals surface area (Å²) in [5.41, 5.74) is 3.46. The maximum atomic E-state index is 14.5. The number of fused-ring (bicyclic) bond motifs is 1. The Labute approximate surface area is 196 Å². The number of Topliss-reactive ketones (excluding diaryl/α,β-unsaturated/α-hetero) is 1. The van der Waals surface area contributed by atoms with Crippen LogP contribution in [0.2, 0.25) is 0 Å². The zero-order valence-electron chi connectivity index (χ0n) is 18.6. The molecule has 0 spiro atoms. The number of halogens is 1. The van der Waals surface area contributed by atoms with Crippen LogP contribution in [0, 0.1) is 12.7 Å². The molecule has 1 aromatic heterocycles. The second kappa shape index (κ2) is 8.63. The van der Waals surface area contributed by atoms with E-state index in [4.69, 9.17) is 0 Å². The van der Waals surface area contributed by atoms with Crippen LogP contribution >= 0.6 is 0 Å². The van der Waals surface area contributed by atoms with Gasteiger partial charge in [-0.15, -0.1) is 0 Å². The highest BCUT2D eigenvalue weighted by molar-refractivity contribution is 6.16. The van der Waals surface area contributed by atoms with Crippen molar-refractivity contribution in [3.63, 3.8) is 0 Å². The minimum absolute atomic E-state index is 0.0992. The summed E-state index contributed by atoms with van der Waals surface area (Å²) < 4.78 is 14.5. The lowest BCUT2D eigenvalue weighted by atomic mass is 9.92. The number of H-pyrrole nitrogens is 1. The van der Waals surface area contributed by atoms with Gasteiger partial charge < -0.3 is 15.0 Å². The number of nitrogens with zero attached hydrogens (tertiary/aromatic N) is 1. The van der Waals surface area contributed by atoms with Crippen LogP contribution in [0.5, 0.6) is 0 Å². The first-order chi connectivity index (χ1) is 16.5. The highest BCUT2D eigenvalue weighted by atomic mass is 19.1. The second-order valence-corrected chi connectivity index (χ2v) is 8.49. The Bertz CT molecular complexity index is 1440. The molecule has 34 heavy (non-hydrogen) atoms. The zero-order chi connectivity index (χ0) is 23.8. The van der Waals surface area contributed by atoms with Gasteiger partial charge in [-0.1, -0.05) is 60.2 Å². The monoisotopic (exact) mass is 454 g/mol. The van der Waals surface area contributed by atoms with Crippen LogP contribution in [-0.2, 0) is 11.2 Å². The summed E-state index contributed by atoms with van der Waals surface area (Å²) in [5.74, 6) is -2.65. The molecule has 2 N–H and O–H groups in total. The quantitative estimate of drug-likeness (QED) is 0.381. The summed E-state index contributed by atoms with van der Waals surface area (Å²) in [7, 11) is 0. The van der Waals surface area contributed by atoms with E-state index in [0.717, 1.165) is 22.0 Å². The predicted molar refractivity (Wildman–Crippen MR) is 128 cm³/mol. The molecule has 1 unspecified atom stereocenters. The summed E-state index contributed by atoms with van der Waals surface area (Å²) in [4.78, 5) is 31.3. The summed E-state index contributed by atoms with van der Waals surface area (Å²) in [6.07, 6.45) is 2.43. The van der Waals surface area contributed by atoms with E-state index in [0.29, 0.717) is 12.0 Å². The number of ketones is 1. The van der Waals surface area contributed by atoms with Crippen molar-refractivity contribution in [1.82, 2.24) is 9.88 Å². The number of hydrogen-bond donors (Lipinski definition) is 2. The van der Waals surface area contributed by atoms with E-state index in [1.54, 1.807) is 6.07 Å². The number of nitrogens with one attached hydrogen (secondary N) is 1. The average molecular weight is 455 g/mol. The van der Waals surface area contributed by atoms with Crippen molar-refractivity contribution in [3.8, 4) is 0 Å². The van der Waals surface area contributed by atoms with Gasteiger partial charge in [0.15, 0.2) is 11.5 Å². The van der Waals surface area contributed by atoms with Gasteiger partial charge in [0.25, 0.3) is 5.91 Å². The first kappa shape index (κ1) is 21.6. The number of rotatable bonds is 6. The lowest BCUT2D eigenvalue weighted by Crippen LogP contribution is -2.33. The molecule has 6 heteroatoms. The topological polar surface area (TPSA) is 73.4 Å². The van der Waals surface area contributed by atoms with Crippen LogP contribution in [-0.4, -0.2) is 33.2 Å². The average Bonchev–Trinajstić information content (AvgIpc) is 3.37. The Hall–Kier alpha value is -4.19. The van der Waals surface area contributed by atoms with E-state index in [-0.39, 0.29) is 17.7 Å². The largest absolute Gasteiger partial charge is 0.503 e. The normalized spacial score (nSPS) is 16.0. The number of para-hydroxylation sites is 1. The van der Waals surface area contributed by atoms with Crippen molar-refractivity contribution < 1.29 is 19.1 Å². The Morgan fingerprint density at radius 3 is 2.50 bits per heavy atom. The number of carbonyl (C=O) groups excluding carboxylic acids is 2. The molecule has 1 atom stereocenters. The van der Waals surface area contributed by atoms with Crippen LogP contribution in [0.25, 0.3) is 10.9 Å². The first-order valence-electron chi connectivity index (χ1n) is 11.1. The van der Waals surface area contributed by atoms with E-state index in [1.807, 2.05) is 61.7 Å². The Morgan fingerprint density at radius 2 is 1.74 bits per heavy atom. The van der Waals surface area contributed by atoms with Crippen LogP contribution in [0.3, 0.4) is 0 Å². The zero-order valence-corrected chi connectivity index (χ0v) is 18.6. The van der Waals surface area contributed by atoms with E-state index in [9.17, 15) is 19.1 Å². The van der Waals surface area contributed by atoms with Crippen molar-refractivity contribution in [2.75, 3.05) is 6.54 Å². The van der Waals surface area contributed by atoms with Crippen molar-refractivity contribution in [2.45, 2.75) is 19.4 Å². The van der Waals surface area contributed by atoms with Gasteiger partial charge in [0.2, 0.25) is 0 Å². The molecule has 3 aromatic carbocycles. The molecule has 0 radical (unpaired) electrons. The SMILES string of the molecule is Cc1ccc(C2C(C(=O)c3ccccc3F)=C(O)C(=O)N2CCc2c[nH]c3ccccc23)cc1. The van der Waals surface area contributed by atoms with Crippen molar-refractivity contribution >= 4 is 22.6 Å². The van der Waals surface area contributed by atoms with E-state index >= 15 is 0 Å². The van der Waals surface area contributed by atoms with Gasteiger partial charge in [0, 0.05) is 23.6 Å². The Kier molecular flexibility index (Phi) is 5.49. The van der Waals surface area contributed by atoms with Gasteiger partial charge >= 0.3 is 0 Å². The van der Waals surface area contributed by atoms with Crippen molar-refractivity contribution in [1.29, 1.82) is 0 Å². The van der Waals surface area contributed by atoms with Gasteiger partial charge in [-0.25, -0.2) is 4.39 Å². The van der Waals surface area contributed by atoms with Crippen molar-refractivity contribution in [3.05, 3.63) is 118 Å². The maximum absolute atomic E-state index is 14.5. The standard InChI is InChI=1S/C28H23FN2O3/c1-17-10-12-18(13-11-17)25-24(26(32)21-7-2-4-8-22(21)29)27(33)28(34)31(25)15-14-19-16-30-23-9-5-3-6-20(19)23/h2-13,16,25,30,33H,14-15H2,1H3. The molecule has 0 saturated carbocycles. The van der Waals surface area contributed by atoms with E-state index in [1.165, 1.54) is 23.1 Å². The smallest absolute Gasteiger partial charge is 0.290 e. The number of aryl methyl sites for hydroxylation is 1. The number of benzene rings is 3. The second-order valence-electron chi connectivity index (χ2n) is 8.49.